The van der Waals surface area contributed by atoms with E-state index in [4.69, 9.17) is 9.78 Å². The molecule has 0 fully saturated rings. The van der Waals surface area contributed by atoms with Crippen LogP contribution in [-0.2, 0) is 5.41 Å². The molecule has 0 aliphatic rings. The maximum Gasteiger partial charge on any atom is 0.237 e. The molecule has 0 amide bonds. The lowest BCUT2D eigenvalue weighted by Gasteiger charge is -2.20. The number of aromatic nitrogens is 4. The monoisotopic (exact) mass is 347 g/mol. The minimum Gasteiger partial charge on any atom is -0.346 e. The SMILES string of the molecule is CC(C)(c1ccc(C#N)c(F)c1)c1nc(-c2ccnc3[nH]ccc23)no1. The maximum atomic E-state index is 14.0. The Hall–Kier alpha value is -3.53. The second-order valence-corrected chi connectivity index (χ2v) is 6.45. The number of rotatable bonds is 3. The zero-order valence-corrected chi connectivity index (χ0v) is 14.1. The first-order chi connectivity index (χ1) is 12.5. The van der Waals surface area contributed by atoms with Crippen LogP contribution in [-0.4, -0.2) is 20.1 Å². The Balaban J connectivity index is 1.76. The molecular formula is C19H14FN5O. The fourth-order valence-corrected chi connectivity index (χ4v) is 2.86. The van der Waals surface area contributed by atoms with Crippen LogP contribution in [0.25, 0.3) is 22.4 Å². The molecule has 128 valence electrons. The molecule has 3 heterocycles. The standard InChI is InChI=1S/C19H14FN5O/c1-19(2,12-4-3-11(10-21)15(20)9-12)18-24-17(25-26-18)14-6-8-23-16-13(14)5-7-22-16/h3-9H,1-2H3,(H,22,23). The fourth-order valence-electron chi connectivity index (χ4n) is 2.86. The van der Waals surface area contributed by atoms with Crippen LogP contribution in [0.5, 0.6) is 0 Å². The van der Waals surface area contributed by atoms with E-state index in [2.05, 4.69) is 20.1 Å². The molecule has 3 aromatic heterocycles. The van der Waals surface area contributed by atoms with Crippen molar-refractivity contribution in [3.8, 4) is 17.5 Å². The zero-order chi connectivity index (χ0) is 18.3. The second kappa shape index (κ2) is 5.77. The molecular weight excluding hydrogens is 333 g/mol. The molecule has 4 aromatic rings. The lowest BCUT2D eigenvalue weighted by atomic mass is 9.84. The zero-order valence-electron chi connectivity index (χ0n) is 14.1. The number of aromatic amines is 1. The van der Waals surface area contributed by atoms with Crippen LogP contribution in [0.2, 0.25) is 0 Å². The van der Waals surface area contributed by atoms with Crippen LogP contribution in [0.15, 0.2) is 47.2 Å². The summed E-state index contributed by atoms with van der Waals surface area (Å²) in [6, 6.07) is 10.0. The van der Waals surface area contributed by atoms with Gasteiger partial charge in [-0.1, -0.05) is 11.2 Å². The molecule has 6 nitrogen and oxygen atoms in total. The Labute approximate surface area is 148 Å². The summed E-state index contributed by atoms with van der Waals surface area (Å²) in [6.07, 6.45) is 3.47. The topological polar surface area (TPSA) is 91.4 Å². The lowest BCUT2D eigenvalue weighted by Crippen LogP contribution is -2.19. The van der Waals surface area contributed by atoms with Gasteiger partial charge in [0.25, 0.3) is 0 Å². The van der Waals surface area contributed by atoms with Crippen molar-refractivity contribution in [2.24, 2.45) is 0 Å². The minimum absolute atomic E-state index is 0.00223. The predicted octanol–water partition coefficient (Wildman–Crippen LogP) is 3.95. The number of nitrogens with one attached hydrogen (secondary N) is 1. The third-order valence-corrected chi connectivity index (χ3v) is 4.47. The minimum atomic E-state index is -0.718. The highest BCUT2D eigenvalue weighted by molar-refractivity contribution is 5.90. The number of nitrogens with zero attached hydrogens (tertiary/aromatic N) is 4. The average molecular weight is 347 g/mol. The summed E-state index contributed by atoms with van der Waals surface area (Å²) in [5.41, 5.74) is 1.47. The summed E-state index contributed by atoms with van der Waals surface area (Å²) in [5, 5.41) is 13.9. The van der Waals surface area contributed by atoms with Gasteiger partial charge in [0.2, 0.25) is 11.7 Å². The molecule has 0 saturated carbocycles. The van der Waals surface area contributed by atoms with Gasteiger partial charge in [-0.2, -0.15) is 10.2 Å². The number of hydrogen-bond acceptors (Lipinski definition) is 5. The van der Waals surface area contributed by atoms with Crippen molar-refractivity contribution in [2.75, 3.05) is 0 Å². The highest BCUT2D eigenvalue weighted by Gasteiger charge is 2.31. The Morgan fingerprint density at radius 2 is 2.08 bits per heavy atom. The van der Waals surface area contributed by atoms with E-state index in [9.17, 15) is 4.39 Å². The van der Waals surface area contributed by atoms with Gasteiger partial charge in [0.05, 0.1) is 11.0 Å². The van der Waals surface area contributed by atoms with Gasteiger partial charge in [0.15, 0.2) is 0 Å². The Bertz CT molecular complexity index is 1150. The summed E-state index contributed by atoms with van der Waals surface area (Å²) in [7, 11) is 0. The van der Waals surface area contributed by atoms with E-state index in [0.29, 0.717) is 17.3 Å². The molecule has 1 N–H and O–H groups in total. The van der Waals surface area contributed by atoms with Crippen molar-refractivity contribution in [3.05, 3.63) is 65.6 Å². The first-order valence-corrected chi connectivity index (χ1v) is 7.97. The van der Waals surface area contributed by atoms with Gasteiger partial charge in [-0.15, -0.1) is 0 Å². The molecule has 4 rings (SSSR count). The van der Waals surface area contributed by atoms with E-state index < -0.39 is 11.2 Å². The van der Waals surface area contributed by atoms with Crippen LogP contribution in [0.4, 0.5) is 4.39 Å². The first kappa shape index (κ1) is 16.0. The molecule has 1 aromatic carbocycles. The quantitative estimate of drug-likeness (QED) is 0.606. The fraction of sp³-hybridized carbons (Fsp3) is 0.158. The van der Waals surface area contributed by atoms with Crippen molar-refractivity contribution in [1.82, 2.24) is 20.1 Å². The van der Waals surface area contributed by atoms with Gasteiger partial charge < -0.3 is 9.51 Å². The smallest absolute Gasteiger partial charge is 0.237 e. The summed E-state index contributed by atoms with van der Waals surface area (Å²) >= 11 is 0. The van der Waals surface area contributed by atoms with E-state index in [0.717, 1.165) is 16.6 Å². The summed E-state index contributed by atoms with van der Waals surface area (Å²) in [5.74, 6) is 0.229. The van der Waals surface area contributed by atoms with Crippen molar-refractivity contribution in [1.29, 1.82) is 5.26 Å². The highest BCUT2D eigenvalue weighted by Crippen LogP contribution is 2.33. The molecule has 0 saturated heterocycles. The van der Waals surface area contributed by atoms with E-state index in [1.165, 1.54) is 12.1 Å². The first-order valence-electron chi connectivity index (χ1n) is 7.97. The molecule has 0 unspecified atom stereocenters. The second-order valence-electron chi connectivity index (χ2n) is 6.45. The summed E-state index contributed by atoms with van der Waals surface area (Å²) in [6.45, 7) is 3.73. The number of pyridine rings is 1. The molecule has 0 spiro atoms. The summed E-state index contributed by atoms with van der Waals surface area (Å²) in [4.78, 5) is 11.8. The van der Waals surface area contributed by atoms with Crippen molar-refractivity contribution in [3.63, 3.8) is 0 Å². The van der Waals surface area contributed by atoms with Crippen LogP contribution >= 0.6 is 0 Å². The van der Waals surface area contributed by atoms with Gasteiger partial charge in [-0.3, -0.25) is 0 Å². The maximum absolute atomic E-state index is 14.0. The highest BCUT2D eigenvalue weighted by atomic mass is 19.1. The molecule has 0 bridgehead atoms. The van der Waals surface area contributed by atoms with Gasteiger partial charge >= 0.3 is 0 Å². The summed E-state index contributed by atoms with van der Waals surface area (Å²) < 4.78 is 19.5. The molecule has 0 atom stereocenters. The van der Waals surface area contributed by atoms with Crippen molar-refractivity contribution in [2.45, 2.75) is 19.3 Å². The van der Waals surface area contributed by atoms with E-state index >= 15 is 0 Å². The van der Waals surface area contributed by atoms with Gasteiger partial charge in [-0.25, -0.2) is 9.37 Å². The van der Waals surface area contributed by atoms with Gasteiger partial charge in [0.1, 0.15) is 17.5 Å². The van der Waals surface area contributed by atoms with E-state index in [1.54, 1.807) is 18.5 Å². The molecule has 0 aliphatic carbocycles. The van der Waals surface area contributed by atoms with Crippen LogP contribution in [0.1, 0.15) is 30.9 Å². The number of fused-ring (bicyclic) bond motifs is 1. The average Bonchev–Trinajstić information content (AvgIpc) is 3.31. The number of hydrogen-bond donors (Lipinski definition) is 1. The van der Waals surface area contributed by atoms with Gasteiger partial charge in [-0.05, 0) is 43.7 Å². The molecule has 0 aliphatic heterocycles. The van der Waals surface area contributed by atoms with Gasteiger partial charge in [0, 0.05) is 23.3 Å². The molecule has 7 heteroatoms. The predicted molar refractivity (Wildman–Crippen MR) is 92.6 cm³/mol. The Morgan fingerprint density at radius 3 is 2.85 bits per heavy atom. The van der Waals surface area contributed by atoms with Crippen molar-refractivity contribution >= 4 is 11.0 Å². The van der Waals surface area contributed by atoms with Crippen LogP contribution in [0, 0.1) is 17.1 Å². The number of halogens is 1. The van der Waals surface area contributed by atoms with E-state index in [-0.39, 0.29) is 5.56 Å². The number of H-pyrrole nitrogens is 1. The van der Waals surface area contributed by atoms with Crippen LogP contribution in [0.3, 0.4) is 0 Å². The largest absolute Gasteiger partial charge is 0.346 e. The Kier molecular flexibility index (Phi) is 3.55. The van der Waals surface area contributed by atoms with E-state index in [1.807, 2.05) is 32.0 Å². The third-order valence-electron chi connectivity index (χ3n) is 4.47. The molecule has 0 radical (unpaired) electrons. The Morgan fingerprint density at radius 1 is 1.23 bits per heavy atom. The number of nitriles is 1. The number of benzene rings is 1. The van der Waals surface area contributed by atoms with Crippen LogP contribution < -0.4 is 0 Å². The molecule has 26 heavy (non-hydrogen) atoms. The van der Waals surface area contributed by atoms with Crippen molar-refractivity contribution < 1.29 is 8.91 Å². The lowest BCUT2D eigenvalue weighted by molar-refractivity contribution is 0.332. The normalized spacial score (nSPS) is 11.6. The third kappa shape index (κ3) is 2.43.